The third-order valence-electron chi connectivity index (χ3n) is 6.82. The van der Waals surface area contributed by atoms with Gasteiger partial charge in [-0.2, -0.15) is 0 Å². The van der Waals surface area contributed by atoms with Gasteiger partial charge in [0.1, 0.15) is 5.82 Å². The summed E-state index contributed by atoms with van der Waals surface area (Å²) in [5, 5.41) is 0.603. The van der Waals surface area contributed by atoms with Crippen molar-refractivity contribution < 1.29 is 9.59 Å². The monoisotopic (exact) mass is 424 g/mol. The molecule has 2 aromatic rings. The van der Waals surface area contributed by atoms with E-state index in [1.54, 1.807) is 6.20 Å². The van der Waals surface area contributed by atoms with Crippen LogP contribution in [-0.4, -0.2) is 65.4 Å². The minimum absolute atomic E-state index is 0.0958. The number of carbonyl (C=O) groups excluding carboxylic acids is 2. The molecule has 0 spiro atoms. The van der Waals surface area contributed by atoms with Gasteiger partial charge in [0.05, 0.1) is 5.41 Å². The standard InChI is InChI=1S/C23H25ClN4O2/c24-19-6-2-1-5-18(19)23(15-17-8-9-21(29)28(17)16-23)22(30)27-13-11-26(12-14-27)20-7-3-4-10-25-20/h1-7,10,17H,8-9,11-16H2. The van der Waals surface area contributed by atoms with E-state index in [0.29, 0.717) is 37.5 Å². The van der Waals surface area contributed by atoms with Gasteiger partial charge >= 0.3 is 0 Å². The Balaban J connectivity index is 1.41. The second-order valence-corrected chi connectivity index (χ2v) is 8.85. The molecular weight excluding hydrogens is 400 g/mol. The molecule has 2 amide bonds. The molecule has 0 N–H and O–H groups in total. The molecule has 30 heavy (non-hydrogen) atoms. The molecule has 3 aliphatic heterocycles. The third kappa shape index (κ3) is 3.14. The van der Waals surface area contributed by atoms with Crippen molar-refractivity contribution in [3.63, 3.8) is 0 Å². The minimum Gasteiger partial charge on any atom is -0.353 e. The van der Waals surface area contributed by atoms with E-state index in [0.717, 1.165) is 30.9 Å². The molecule has 4 heterocycles. The predicted molar refractivity (Wildman–Crippen MR) is 116 cm³/mol. The van der Waals surface area contributed by atoms with Gasteiger partial charge < -0.3 is 14.7 Å². The summed E-state index contributed by atoms with van der Waals surface area (Å²) in [6.07, 6.45) is 3.86. The Hall–Kier alpha value is -2.60. The molecule has 6 nitrogen and oxygen atoms in total. The van der Waals surface area contributed by atoms with Crippen LogP contribution in [0.2, 0.25) is 5.02 Å². The van der Waals surface area contributed by atoms with Gasteiger partial charge in [0.25, 0.3) is 0 Å². The summed E-state index contributed by atoms with van der Waals surface area (Å²) in [6.45, 7) is 3.20. The van der Waals surface area contributed by atoms with Crippen LogP contribution in [0.1, 0.15) is 24.8 Å². The predicted octanol–water partition coefficient (Wildman–Crippen LogP) is 2.72. The summed E-state index contributed by atoms with van der Waals surface area (Å²) in [7, 11) is 0. The largest absolute Gasteiger partial charge is 0.353 e. The van der Waals surface area contributed by atoms with Crippen molar-refractivity contribution in [2.45, 2.75) is 30.7 Å². The average Bonchev–Trinajstić information content (AvgIpc) is 3.34. The van der Waals surface area contributed by atoms with Crippen LogP contribution >= 0.6 is 11.6 Å². The first kappa shape index (κ1) is 19.4. The van der Waals surface area contributed by atoms with E-state index in [9.17, 15) is 9.59 Å². The van der Waals surface area contributed by atoms with E-state index in [4.69, 9.17) is 11.6 Å². The Labute approximate surface area is 181 Å². The average molecular weight is 425 g/mol. The Kier molecular flexibility index (Phi) is 4.89. The fourth-order valence-corrected chi connectivity index (χ4v) is 5.59. The van der Waals surface area contributed by atoms with Crippen molar-refractivity contribution in [1.82, 2.24) is 14.8 Å². The molecular formula is C23H25ClN4O2. The number of carbonyl (C=O) groups is 2. The molecule has 7 heteroatoms. The Morgan fingerprint density at radius 3 is 2.53 bits per heavy atom. The maximum atomic E-state index is 14.0. The lowest BCUT2D eigenvalue weighted by Crippen LogP contribution is -2.55. The van der Waals surface area contributed by atoms with Crippen LogP contribution in [0.25, 0.3) is 0 Å². The van der Waals surface area contributed by atoms with Gasteiger partial charge in [0.2, 0.25) is 11.8 Å². The maximum Gasteiger partial charge on any atom is 0.235 e. The summed E-state index contributed by atoms with van der Waals surface area (Å²) in [5.41, 5.74) is 0.0951. The highest BCUT2D eigenvalue weighted by Gasteiger charge is 2.55. The Morgan fingerprint density at radius 1 is 1.07 bits per heavy atom. The second-order valence-electron chi connectivity index (χ2n) is 8.45. The van der Waals surface area contributed by atoms with E-state index in [1.165, 1.54) is 0 Å². The number of fused-ring (bicyclic) bond motifs is 1. The number of halogens is 1. The Bertz CT molecular complexity index is 961. The highest BCUT2D eigenvalue weighted by atomic mass is 35.5. The van der Waals surface area contributed by atoms with Crippen LogP contribution in [0.15, 0.2) is 48.7 Å². The van der Waals surface area contributed by atoms with Crippen molar-refractivity contribution in [3.05, 3.63) is 59.2 Å². The highest BCUT2D eigenvalue weighted by molar-refractivity contribution is 6.31. The second kappa shape index (κ2) is 7.58. The van der Waals surface area contributed by atoms with Gasteiger partial charge in [0.15, 0.2) is 0 Å². The van der Waals surface area contributed by atoms with Gasteiger partial charge in [-0.25, -0.2) is 4.98 Å². The first-order chi connectivity index (χ1) is 14.6. The van der Waals surface area contributed by atoms with Crippen molar-refractivity contribution in [2.24, 2.45) is 0 Å². The fraction of sp³-hybridized carbons (Fsp3) is 0.435. The zero-order chi connectivity index (χ0) is 20.7. The van der Waals surface area contributed by atoms with Crippen molar-refractivity contribution in [2.75, 3.05) is 37.6 Å². The number of hydrogen-bond donors (Lipinski definition) is 0. The summed E-state index contributed by atoms with van der Waals surface area (Å²) in [5.74, 6) is 1.19. The first-order valence-electron chi connectivity index (χ1n) is 10.6. The fourth-order valence-electron chi connectivity index (χ4n) is 5.28. The molecule has 0 radical (unpaired) electrons. The van der Waals surface area contributed by atoms with Crippen LogP contribution in [0.5, 0.6) is 0 Å². The lowest BCUT2D eigenvalue weighted by molar-refractivity contribution is -0.138. The highest BCUT2D eigenvalue weighted by Crippen LogP contribution is 2.46. The van der Waals surface area contributed by atoms with Crippen LogP contribution in [0.4, 0.5) is 5.82 Å². The zero-order valence-electron chi connectivity index (χ0n) is 16.8. The molecule has 0 aliphatic carbocycles. The van der Waals surface area contributed by atoms with Crippen LogP contribution < -0.4 is 4.90 Å². The van der Waals surface area contributed by atoms with E-state index in [-0.39, 0.29) is 17.9 Å². The number of piperazine rings is 1. The van der Waals surface area contributed by atoms with Crippen molar-refractivity contribution in [1.29, 1.82) is 0 Å². The topological polar surface area (TPSA) is 56.8 Å². The normalized spacial score (nSPS) is 26.2. The summed E-state index contributed by atoms with van der Waals surface area (Å²) in [4.78, 5) is 36.9. The number of anilines is 1. The van der Waals surface area contributed by atoms with Gasteiger partial charge in [-0.1, -0.05) is 35.9 Å². The molecule has 0 saturated carbocycles. The smallest absolute Gasteiger partial charge is 0.235 e. The van der Waals surface area contributed by atoms with Gasteiger partial charge in [-0.3, -0.25) is 9.59 Å². The molecule has 3 fully saturated rings. The number of rotatable bonds is 3. The lowest BCUT2D eigenvalue weighted by atomic mass is 9.76. The van der Waals surface area contributed by atoms with Crippen molar-refractivity contribution >= 4 is 29.2 Å². The number of amides is 2. The molecule has 3 aliphatic rings. The molecule has 156 valence electrons. The third-order valence-corrected chi connectivity index (χ3v) is 7.15. The molecule has 2 atom stereocenters. The van der Waals surface area contributed by atoms with Gasteiger partial charge in [0, 0.05) is 56.4 Å². The molecule has 5 rings (SSSR count). The minimum atomic E-state index is -0.758. The maximum absolute atomic E-state index is 14.0. The van der Waals surface area contributed by atoms with Gasteiger partial charge in [-0.15, -0.1) is 0 Å². The van der Waals surface area contributed by atoms with E-state index >= 15 is 0 Å². The number of aromatic nitrogens is 1. The van der Waals surface area contributed by atoms with E-state index in [2.05, 4.69) is 9.88 Å². The van der Waals surface area contributed by atoms with Crippen LogP contribution in [0.3, 0.4) is 0 Å². The molecule has 3 saturated heterocycles. The quantitative estimate of drug-likeness (QED) is 0.760. The lowest BCUT2D eigenvalue weighted by Gasteiger charge is -2.40. The summed E-state index contributed by atoms with van der Waals surface area (Å²) in [6, 6.07) is 13.6. The van der Waals surface area contributed by atoms with Crippen molar-refractivity contribution in [3.8, 4) is 0 Å². The summed E-state index contributed by atoms with van der Waals surface area (Å²) < 4.78 is 0. The zero-order valence-corrected chi connectivity index (χ0v) is 17.6. The SMILES string of the molecule is O=C1CCC2CC(C(=O)N3CCN(c4ccccn4)CC3)(c3ccccc3Cl)CN12. The van der Waals surface area contributed by atoms with Crippen LogP contribution in [-0.2, 0) is 15.0 Å². The first-order valence-corrected chi connectivity index (χ1v) is 11.0. The van der Waals surface area contributed by atoms with E-state index in [1.807, 2.05) is 52.3 Å². The number of hydrogen-bond acceptors (Lipinski definition) is 4. The number of nitrogens with zero attached hydrogens (tertiary/aromatic N) is 4. The number of pyridine rings is 1. The molecule has 1 aromatic carbocycles. The number of benzene rings is 1. The Morgan fingerprint density at radius 2 is 1.83 bits per heavy atom. The summed E-state index contributed by atoms with van der Waals surface area (Å²) >= 11 is 6.58. The van der Waals surface area contributed by atoms with E-state index < -0.39 is 5.41 Å². The molecule has 0 bridgehead atoms. The molecule has 1 aromatic heterocycles. The van der Waals surface area contributed by atoms with Gasteiger partial charge in [-0.05, 0) is 36.6 Å². The van der Waals surface area contributed by atoms with Crippen LogP contribution in [0, 0.1) is 0 Å². The molecule has 2 unspecified atom stereocenters.